The van der Waals surface area contributed by atoms with Gasteiger partial charge in [-0.05, 0) is 5.56 Å². The van der Waals surface area contributed by atoms with Crippen LogP contribution < -0.4 is 5.73 Å². The van der Waals surface area contributed by atoms with Crippen molar-refractivity contribution >= 4 is 17.8 Å². The van der Waals surface area contributed by atoms with Crippen LogP contribution in [0.5, 0.6) is 0 Å². The van der Waals surface area contributed by atoms with Crippen molar-refractivity contribution in [1.82, 2.24) is 0 Å². The van der Waals surface area contributed by atoms with E-state index < -0.39 is 0 Å². The molecule has 2 rings (SSSR count). The molecule has 1 amide bonds. The quantitative estimate of drug-likeness (QED) is 0.845. The minimum atomic E-state index is -0.364. The predicted molar refractivity (Wildman–Crippen MR) is 79.2 cm³/mol. The molecule has 0 aliphatic heterocycles. The van der Waals surface area contributed by atoms with Crippen LogP contribution in [0.25, 0.3) is 6.08 Å². The Kier molecular flexibility index (Phi) is 4.45. The third-order valence-corrected chi connectivity index (χ3v) is 2.84. The van der Waals surface area contributed by atoms with Gasteiger partial charge in [0.1, 0.15) is 0 Å². The molecule has 3 heteroatoms. The molecule has 100 valence electrons. The molecule has 0 saturated carbocycles. The molecule has 2 N–H and O–H groups in total. The van der Waals surface area contributed by atoms with Gasteiger partial charge < -0.3 is 5.73 Å². The number of carbonyl (C=O) groups is 2. The van der Waals surface area contributed by atoms with Crippen molar-refractivity contribution < 1.29 is 9.59 Å². The summed E-state index contributed by atoms with van der Waals surface area (Å²) < 4.78 is 0. The molecule has 0 heterocycles. The van der Waals surface area contributed by atoms with Gasteiger partial charge in [0.25, 0.3) is 0 Å². The Morgan fingerprint density at radius 3 is 2.10 bits per heavy atom. The summed E-state index contributed by atoms with van der Waals surface area (Å²) in [5.41, 5.74) is 7.29. The summed E-state index contributed by atoms with van der Waals surface area (Å²) in [5.74, 6) is -0.365. The number of amides is 1. The fourth-order valence-corrected chi connectivity index (χ4v) is 1.81. The third-order valence-electron chi connectivity index (χ3n) is 2.84. The fourth-order valence-electron chi connectivity index (χ4n) is 1.81. The maximum Gasteiger partial charge on any atom is 0.221 e. The normalized spacial score (nSPS) is 10.6. The van der Waals surface area contributed by atoms with Crippen LogP contribution >= 0.6 is 0 Å². The first-order chi connectivity index (χ1) is 9.66. The highest BCUT2D eigenvalue weighted by atomic mass is 16.1. The molecule has 0 unspecified atom stereocenters. The van der Waals surface area contributed by atoms with E-state index in [-0.39, 0.29) is 18.1 Å². The highest BCUT2D eigenvalue weighted by Gasteiger charge is 2.07. The molecule has 0 aliphatic carbocycles. The average molecular weight is 265 g/mol. The lowest BCUT2D eigenvalue weighted by molar-refractivity contribution is -0.117. The van der Waals surface area contributed by atoms with E-state index in [4.69, 9.17) is 5.73 Å². The van der Waals surface area contributed by atoms with E-state index in [0.717, 1.165) is 5.56 Å². The second kappa shape index (κ2) is 6.48. The SMILES string of the molecule is NC(=O)CC=Cc1ccc(C(=O)c2ccccc2)cc1. The zero-order valence-electron chi connectivity index (χ0n) is 11.0. The lowest BCUT2D eigenvalue weighted by atomic mass is 10.0. The van der Waals surface area contributed by atoms with E-state index in [9.17, 15) is 9.59 Å². The first-order valence-electron chi connectivity index (χ1n) is 6.31. The van der Waals surface area contributed by atoms with E-state index in [1.54, 1.807) is 30.3 Å². The lowest BCUT2D eigenvalue weighted by Crippen LogP contribution is -2.07. The molecule has 0 aliphatic rings. The smallest absolute Gasteiger partial charge is 0.221 e. The molecule has 20 heavy (non-hydrogen) atoms. The Morgan fingerprint density at radius 1 is 0.900 bits per heavy atom. The Morgan fingerprint density at radius 2 is 1.50 bits per heavy atom. The van der Waals surface area contributed by atoms with Gasteiger partial charge in [0.2, 0.25) is 5.91 Å². The zero-order chi connectivity index (χ0) is 14.4. The highest BCUT2D eigenvalue weighted by molar-refractivity contribution is 6.09. The van der Waals surface area contributed by atoms with Crippen molar-refractivity contribution in [2.45, 2.75) is 6.42 Å². The van der Waals surface area contributed by atoms with E-state index in [0.29, 0.717) is 11.1 Å². The number of carbonyl (C=O) groups excluding carboxylic acids is 2. The molecule has 0 saturated heterocycles. The van der Waals surface area contributed by atoms with Crippen LogP contribution in [0.15, 0.2) is 60.7 Å². The Balaban J connectivity index is 2.10. The molecule has 2 aromatic rings. The van der Waals surface area contributed by atoms with Crippen LogP contribution in [0.1, 0.15) is 27.9 Å². The summed E-state index contributed by atoms with van der Waals surface area (Å²) in [4.78, 5) is 22.8. The number of hydrogen-bond donors (Lipinski definition) is 1. The highest BCUT2D eigenvalue weighted by Crippen LogP contribution is 2.12. The number of primary amides is 1. The lowest BCUT2D eigenvalue weighted by Gasteiger charge is -2.01. The van der Waals surface area contributed by atoms with E-state index in [2.05, 4.69) is 0 Å². The van der Waals surface area contributed by atoms with Gasteiger partial charge >= 0.3 is 0 Å². The largest absolute Gasteiger partial charge is 0.369 e. The molecule has 0 fully saturated rings. The van der Waals surface area contributed by atoms with Gasteiger partial charge in [-0.15, -0.1) is 0 Å². The Bertz CT molecular complexity index is 628. The second-order valence-corrected chi connectivity index (χ2v) is 4.39. The van der Waals surface area contributed by atoms with E-state index in [1.807, 2.05) is 36.4 Å². The van der Waals surface area contributed by atoms with Gasteiger partial charge in [0.05, 0.1) is 0 Å². The summed E-state index contributed by atoms with van der Waals surface area (Å²) in [6.07, 6.45) is 3.72. The minimum Gasteiger partial charge on any atom is -0.369 e. The van der Waals surface area contributed by atoms with Gasteiger partial charge in [0.15, 0.2) is 5.78 Å². The monoisotopic (exact) mass is 265 g/mol. The second-order valence-electron chi connectivity index (χ2n) is 4.39. The minimum absolute atomic E-state index is 0.00161. The standard InChI is InChI=1S/C17H15NO2/c18-16(19)8-4-5-13-9-11-15(12-10-13)17(20)14-6-2-1-3-7-14/h1-7,9-12H,8H2,(H2,18,19). The molecule has 0 aromatic heterocycles. The zero-order valence-corrected chi connectivity index (χ0v) is 11.0. The number of hydrogen-bond acceptors (Lipinski definition) is 2. The molecule has 3 nitrogen and oxygen atoms in total. The third kappa shape index (κ3) is 3.65. The van der Waals surface area contributed by atoms with Crippen LogP contribution in [0.4, 0.5) is 0 Å². The molecular formula is C17H15NO2. The number of rotatable bonds is 5. The Hall–Kier alpha value is -2.68. The van der Waals surface area contributed by atoms with Gasteiger partial charge in [-0.2, -0.15) is 0 Å². The number of benzene rings is 2. The summed E-state index contributed by atoms with van der Waals surface area (Å²) in [7, 11) is 0. The molecule has 2 aromatic carbocycles. The van der Waals surface area contributed by atoms with Gasteiger partial charge in [0, 0.05) is 17.5 Å². The van der Waals surface area contributed by atoms with E-state index >= 15 is 0 Å². The van der Waals surface area contributed by atoms with Crippen molar-refractivity contribution in [1.29, 1.82) is 0 Å². The van der Waals surface area contributed by atoms with Crippen LogP contribution in [-0.4, -0.2) is 11.7 Å². The molecular weight excluding hydrogens is 250 g/mol. The van der Waals surface area contributed by atoms with Crippen molar-refractivity contribution in [2.75, 3.05) is 0 Å². The van der Waals surface area contributed by atoms with Crippen molar-refractivity contribution in [3.05, 3.63) is 77.4 Å². The van der Waals surface area contributed by atoms with Gasteiger partial charge in [-0.3, -0.25) is 9.59 Å². The summed E-state index contributed by atoms with van der Waals surface area (Å²) in [6, 6.07) is 16.4. The van der Waals surface area contributed by atoms with Crippen LogP contribution in [0.3, 0.4) is 0 Å². The average Bonchev–Trinajstić information content (AvgIpc) is 2.48. The van der Waals surface area contributed by atoms with Gasteiger partial charge in [-0.25, -0.2) is 0 Å². The molecule has 0 spiro atoms. The topological polar surface area (TPSA) is 60.2 Å². The molecule has 0 bridgehead atoms. The Labute approximate surface area is 117 Å². The van der Waals surface area contributed by atoms with Crippen LogP contribution in [0, 0.1) is 0 Å². The first kappa shape index (κ1) is 13.7. The molecule has 0 radical (unpaired) electrons. The molecule has 0 atom stereocenters. The predicted octanol–water partition coefficient (Wildman–Crippen LogP) is 2.81. The maximum atomic E-state index is 12.2. The first-order valence-corrected chi connectivity index (χ1v) is 6.31. The maximum absolute atomic E-state index is 12.2. The van der Waals surface area contributed by atoms with Crippen LogP contribution in [-0.2, 0) is 4.79 Å². The van der Waals surface area contributed by atoms with Crippen molar-refractivity contribution in [3.63, 3.8) is 0 Å². The summed E-state index contributed by atoms with van der Waals surface area (Å²) in [6.45, 7) is 0. The fraction of sp³-hybridized carbons (Fsp3) is 0.0588. The van der Waals surface area contributed by atoms with Crippen molar-refractivity contribution in [2.24, 2.45) is 5.73 Å². The van der Waals surface area contributed by atoms with E-state index in [1.165, 1.54) is 0 Å². The number of nitrogens with two attached hydrogens (primary N) is 1. The van der Waals surface area contributed by atoms with Crippen molar-refractivity contribution in [3.8, 4) is 0 Å². The summed E-state index contributed by atoms with van der Waals surface area (Å²) >= 11 is 0. The van der Waals surface area contributed by atoms with Crippen LogP contribution in [0.2, 0.25) is 0 Å². The van der Waals surface area contributed by atoms with Gasteiger partial charge in [-0.1, -0.05) is 66.7 Å². The number of ketones is 1. The summed E-state index contributed by atoms with van der Waals surface area (Å²) in [5, 5.41) is 0.